The van der Waals surface area contributed by atoms with E-state index in [1.165, 1.54) is 10.5 Å². The second kappa shape index (κ2) is 8.09. The molecular formula is C18H28N4O+2. The number of hydrogen-bond donors (Lipinski definition) is 2. The van der Waals surface area contributed by atoms with E-state index >= 15 is 0 Å². The quantitative estimate of drug-likeness (QED) is 0.710. The highest BCUT2D eigenvalue weighted by atomic mass is 16.2. The normalized spacial score (nSPS) is 21.0. The third-order valence-electron chi connectivity index (χ3n) is 4.77. The molecule has 5 heteroatoms. The Balaban J connectivity index is 1.77. The van der Waals surface area contributed by atoms with E-state index in [1.807, 2.05) is 50.1 Å². The maximum Gasteiger partial charge on any atom is 0.277 e. The Hall–Kier alpha value is -1.90. The van der Waals surface area contributed by atoms with Gasteiger partial charge >= 0.3 is 0 Å². The molecule has 1 aromatic rings. The summed E-state index contributed by atoms with van der Waals surface area (Å²) in [5.41, 5.74) is 1.99. The first kappa shape index (κ1) is 17.5. The van der Waals surface area contributed by atoms with Gasteiger partial charge in [0.1, 0.15) is 32.7 Å². The standard InChI is InChI=1S/C18H26N4O/c1-15(2)20(3)18(23)14-22-10-8-21(9-11-22)13-17-6-4-16(12-19)5-7-17/h4-7,15H,8-11,13-14H2,1-3H3/p+2. The number of carbonyl (C=O) groups excluding carboxylic acids is 1. The van der Waals surface area contributed by atoms with Gasteiger partial charge in [-0.25, -0.2) is 0 Å². The van der Waals surface area contributed by atoms with Crippen LogP contribution in [0.5, 0.6) is 0 Å². The van der Waals surface area contributed by atoms with Crippen LogP contribution in [0.3, 0.4) is 0 Å². The molecule has 0 radical (unpaired) electrons. The third kappa shape index (κ3) is 5.05. The van der Waals surface area contributed by atoms with Gasteiger partial charge in [0.25, 0.3) is 5.91 Å². The molecule has 1 saturated heterocycles. The van der Waals surface area contributed by atoms with Gasteiger partial charge in [0.15, 0.2) is 6.54 Å². The molecule has 0 spiro atoms. The first-order valence-electron chi connectivity index (χ1n) is 8.41. The Bertz CT molecular complexity index is 553. The van der Waals surface area contributed by atoms with Crippen molar-refractivity contribution < 1.29 is 14.6 Å². The molecule has 0 atom stereocenters. The number of nitrogens with one attached hydrogen (secondary N) is 2. The topological polar surface area (TPSA) is 53.0 Å². The van der Waals surface area contributed by atoms with Crippen LogP contribution < -0.4 is 9.80 Å². The number of rotatable bonds is 5. The third-order valence-corrected chi connectivity index (χ3v) is 4.77. The lowest BCUT2D eigenvalue weighted by molar-refractivity contribution is -1.02. The maximum atomic E-state index is 12.2. The van der Waals surface area contributed by atoms with Crippen molar-refractivity contribution in [3.05, 3.63) is 35.4 Å². The molecule has 1 aromatic carbocycles. The van der Waals surface area contributed by atoms with Crippen molar-refractivity contribution in [2.45, 2.75) is 26.4 Å². The molecule has 1 aliphatic rings. The Morgan fingerprint density at radius 3 is 2.26 bits per heavy atom. The zero-order chi connectivity index (χ0) is 16.8. The molecule has 1 aliphatic heterocycles. The number of amides is 1. The summed E-state index contributed by atoms with van der Waals surface area (Å²) in [7, 11) is 1.89. The Labute approximate surface area is 139 Å². The van der Waals surface area contributed by atoms with Gasteiger partial charge in [0.05, 0.1) is 11.6 Å². The predicted octanol–water partition coefficient (Wildman–Crippen LogP) is -1.29. The highest BCUT2D eigenvalue weighted by molar-refractivity contribution is 5.77. The van der Waals surface area contributed by atoms with E-state index in [1.54, 1.807) is 4.90 Å². The smallest absolute Gasteiger partial charge is 0.277 e. The van der Waals surface area contributed by atoms with Gasteiger partial charge in [-0.1, -0.05) is 12.1 Å². The summed E-state index contributed by atoms with van der Waals surface area (Å²) in [5.74, 6) is 0.241. The van der Waals surface area contributed by atoms with E-state index in [-0.39, 0.29) is 11.9 Å². The van der Waals surface area contributed by atoms with Crippen LogP contribution in [0.1, 0.15) is 25.0 Å². The van der Waals surface area contributed by atoms with Crippen LogP contribution >= 0.6 is 0 Å². The Morgan fingerprint density at radius 2 is 1.74 bits per heavy atom. The molecule has 0 bridgehead atoms. The van der Waals surface area contributed by atoms with Crippen LogP contribution in [0.2, 0.25) is 0 Å². The lowest BCUT2D eigenvalue weighted by Crippen LogP contribution is -3.28. The largest absolute Gasteiger partial charge is 0.338 e. The summed E-state index contributed by atoms with van der Waals surface area (Å²) in [4.78, 5) is 16.9. The fourth-order valence-corrected chi connectivity index (χ4v) is 2.92. The Kier molecular flexibility index (Phi) is 6.14. The number of piperazine rings is 1. The van der Waals surface area contributed by atoms with Crippen molar-refractivity contribution in [2.75, 3.05) is 39.8 Å². The monoisotopic (exact) mass is 316 g/mol. The molecule has 1 heterocycles. The summed E-state index contributed by atoms with van der Waals surface area (Å²) in [6.45, 7) is 9.98. The van der Waals surface area contributed by atoms with E-state index in [4.69, 9.17) is 5.26 Å². The SMILES string of the molecule is CC(C)N(C)C(=O)C[NH+]1CC[NH+](Cc2ccc(C#N)cc2)CC1. The fraction of sp³-hybridized carbons (Fsp3) is 0.556. The van der Waals surface area contributed by atoms with Gasteiger partial charge in [0.2, 0.25) is 0 Å². The maximum absolute atomic E-state index is 12.2. The molecule has 0 saturated carbocycles. The van der Waals surface area contributed by atoms with Crippen LogP contribution in [-0.4, -0.2) is 56.6 Å². The van der Waals surface area contributed by atoms with Crippen molar-refractivity contribution in [3.8, 4) is 6.07 Å². The highest BCUT2D eigenvalue weighted by Crippen LogP contribution is 2.01. The van der Waals surface area contributed by atoms with Crippen LogP contribution in [0, 0.1) is 11.3 Å². The van der Waals surface area contributed by atoms with Gasteiger partial charge in [0, 0.05) is 18.7 Å². The average Bonchev–Trinajstić information content (AvgIpc) is 2.56. The lowest BCUT2D eigenvalue weighted by Gasteiger charge is -2.31. The average molecular weight is 316 g/mol. The molecule has 2 rings (SSSR count). The second-order valence-corrected chi connectivity index (χ2v) is 6.76. The lowest BCUT2D eigenvalue weighted by atomic mass is 10.1. The number of nitriles is 1. The summed E-state index contributed by atoms with van der Waals surface area (Å²) < 4.78 is 0. The van der Waals surface area contributed by atoms with Crippen LogP contribution in [0.15, 0.2) is 24.3 Å². The zero-order valence-corrected chi connectivity index (χ0v) is 14.4. The number of hydrogen-bond acceptors (Lipinski definition) is 2. The van der Waals surface area contributed by atoms with E-state index < -0.39 is 0 Å². The van der Waals surface area contributed by atoms with Crippen molar-refractivity contribution in [3.63, 3.8) is 0 Å². The molecule has 0 aromatic heterocycles. The van der Waals surface area contributed by atoms with Crippen molar-refractivity contribution >= 4 is 5.91 Å². The van der Waals surface area contributed by atoms with Crippen molar-refractivity contribution in [1.29, 1.82) is 5.26 Å². The first-order valence-corrected chi connectivity index (χ1v) is 8.41. The van der Waals surface area contributed by atoms with Gasteiger partial charge in [-0.05, 0) is 26.0 Å². The zero-order valence-electron chi connectivity index (χ0n) is 14.4. The number of nitrogens with zero attached hydrogens (tertiary/aromatic N) is 2. The molecule has 2 N–H and O–H groups in total. The fourth-order valence-electron chi connectivity index (χ4n) is 2.92. The van der Waals surface area contributed by atoms with E-state index in [0.717, 1.165) is 32.7 Å². The molecule has 0 aliphatic carbocycles. The van der Waals surface area contributed by atoms with Gasteiger partial charge in [-0.3, -0.25) is 4.79 Å². The number of benzene rings is 1. The van der Waals surface area contributed by atoms with Crippen molar-refractivity contribution in [2.24, 2.45) is 0 Å². The summed E-state index contributed by atoms with van der Waals surface area (Å²) in [6, 6.07) is 10.3. The minimum atomic E-state index is 0.241. The van der Waals surface area contributed by atoms with Gasteiger partial charge in [-0.2, -0.15) is 5.26 Å². The van der Waals surface area contributed by atoms with Crippen LogP contribution in [0.4, 0.5) is 0 Å². The number of quaternary nitrogens is 2. The van der Waals surface area contributed by atoms with E-state index in [9.17, 15) is 4.79 Å². The minimum absolute atomic E-state index is 0.241. The van der Waals surface area contributed by atoms with Crippen LogP contribution in [0.25, 0.3) is 0 Å². The molecule has 23 heavy (non-hydrogen) atoms. The van der Waals surface area contributed by atoms with Gasteiger partial charge in [-0.15, -0.1) is 0 Å². The summed E-state index contributed by atoms with van der Waals surface area (Å²) in [5, 5.41) is 8.84. The summed E-state index contributed by atoms with van der Waals surface area (Å²) in [6.07, 6.45) is 0. The van der Waals surface area contributed by atoms with E-state index in [2.05, 4.69) is 6.07 Å². The number of likely N-dealkylation sites (N-methyl/N-ethyl adjacent to an activating group) is 1. The molecule has 5 nitrogen and oxygen atoms in total. The molecule has 1 fully saturated rings. The number of carbonyl (C=O) groups is 1. The predicted molar refractivity (Wildman–Crippen MR) is 89.0 cm³/mol. The van der Waals surface area contributed by atoms with E-state index in [0.29, 0.717) is 12.1 Å². The highest BCUT2D eigenvalue weighted by Gasteiger charge is 2.26. The minimum Gasteiger partial charge on any atom is -0.338 e. The second-order valence-electron chi connectivity index (χ2n) is 6.76. The molecule has 0 unspecified atom stereocenters. The first-order chi connectivity index (χ1) is 11.0. The summed E-state index contributed by atoms with van der Waals surface area (Å²) >= 11 is 0. The Morgan fingerprint density at radius 1 is 1.17 bits per heavy atom. The van der Waals surface area contributed by atoms with Crippen LogP contribution in [-0.2, 0) is 11.3 Å². The molecule has 1 amide bonds. The molecule has 124 valence electrons. The molecular weight excluding hydrogens is 288 g/mol. The van der Waals surface area contributed by atoms with Gasteiger partial charge < -0.3 is 14.7 Å². The van der Waals surface area contributed by atoms with Crippen molar-refractivity contribution in [1.82, 2.24) is 4.90 Å².